The fourth-order valence-corrected chi connectivity index (χ4v) is 8.54. The second-order valence-corrected chi connectivity index (χ2v) is 13.3. The molecule has 6 aromatic carbocycles. The Bertz CT molecular complexity index is 2370. The number of hydrogen-bond acceptors (Lipinski definition) is 2. The van der Waals surface area contributed by atoms with Crippen LogP contribution in [0.15, 0.2) is 164 Å². The van der Waals surface area contributed by atoms with Gasteiger partial charge in [-0.05, 0) is 72.0 Å². The van der Waals surface area contributed by atoms with E-state index in [2.05, 4.69) is 178 Å². The Kier molecular flexibility index (Phi) is 6.20. The molecule has 0 N–H and O–H groups in total. The minimum absolute atomic E-state index is 0.349. The molecule has 10 rings (SSSR count). The largest absolute Gasteiger partial charge is 0.338 e. The number of fused-ring (bicyclic) bond motifs is 10. The summed E-state index contributed by atoms with van der Waals surface area (Å²) in [7, 11) is 0. The van der Waals surface area contributed by atoms with E-state index in [0.717, 1.165) is 19.4 Å². The van der Waals surface area contributed by atoms with Crippen molar-refractivity contribution >= 4 is 44.6 Å². The molecule has 0 saturated heterocycles. The van der Waals surface area contributed by atoms with E-state index in [9.17, 15) is 0 Å². The highest BCUT2D eigenvalue weighted by Crippen LogP contribution is 2.48. The number of aromatic nitrogens is 1. The topological polar surface area (TPSA) is 11.4 Å². The monoisotopic (exact) mass is 617 g/mol. The lowest BCUT2D eigenvalue weighted by atomic mass is 9.82. The lowest BCUT2D eigenvalue weighted by Gasteiger charge is -2.42. The van der Waals surface area contributed by atoms with Crippen LogP contribution in [0.4, 0.5) is 22.7 Å². The summed E-state index contributed by atoms with van der Waals surface area (Å²) in [5.74, 6) is 0.415. The van der Waals surface area contributed by atoms with Crippen LogP contribution in [-0.2, 0) is 6.54 Å². The molecule has 2 aliphatic heterocycles. The molecule has 0 amide bonds. The zero-order valence-corrected chi connectivity index (χ0v) is 26.7. The van der Waals surface area contributed by atoms with Gasteiger partial charge in [-0.2, -0.15) is 0 Å². The number of allylic oxidation sites excluding steroid dienone is 3. The molecule has 3 heterocycles. The Labute approximate surface area is 281 Å². The zero-order chi connectivity index (χ0) is 31.6. The molecule has 0 fully saturated rings. The molecule has 7 aromatic rings. The average molecular weight is 618 g/mol. The number of para-hydroxylation sites is 4. The molecule has 3 nitrogen and oxygen atoms in total. The Morgan fingerprint density at radius 3 is 2.02 bits per heavy atom. The smallest absolute Gasteiger partial charge is 0.0541 e. The van der Waals surface area contributed by atoms with Crippen molar-refractivity contribution in [1.82, 2.24) is 4.57 Å². The Morgan fingerprint density at radius 1 is 0.542 bits per heavy atom. The number of anilines is 4. The third kappa shape index (κ3) is 4.21. The molecule has 2 atom stereocenters. The van der Waals surface area contributed by atoms with E-state index in [1.54, 1.807) is 0 Å². The second-order valence-electron chi connectivity index (χ2n) is 13.3. The molecule has 2 bridgehead atoms. The number of hydrogen-bond donors (Lipinski definition) is 0. The standard InChI is InChI=1S/C45H35N3/c1-2-14-31-26-33(16-3-1)47(43-23-11-6-18-38(31)43)35-27-34(46-30-32-15-4-5-17-37(32)39-19-7-10-22-42(39)46)28-36(29-35)48-44-24-12-8-20-40(44)41-21-9-13-25-45(41)48/h1-15,17-25,27-29,31,33H,16,26,30H2/b3-1-,14-2-. The third-order valence-electron chi connectivity index (χ3n) is 10.6. The van der Waals surface area contributed by atoms with Crippen molar-refractivity contribution in [2.75, 3.05) is 9.80 Å². The van der Waals surface area contributed by atoms with E-state index in [1.807, 2.05) is 0 Å². The zero-order valence-electron chi connectivity index (χ0n) is 26.7. The van der Waals surface area contributed by atoms with Crippen molar-refractivity contribution in [3.63, 3.8) is 0 Å². The normalized spacial score (nSPS) is 19.2. The van der Waals surface area contributed by atoms with Gasteiger partial charge in [0.15, 0.2) is 0 Å². The highest BCUT2D eigenvalue weighted by molar-refractivity contribution is 6.09. The van der Waals surface area contributed by atoms with Crippen LogP contribution >= 0.6 is 0 Å². The molecule has 3 aliphatic rings. The van der Waals surface area contributed by atoms with Crippen LogP contribution < -0.4 is 9.80 Å². The van der Waals surface area contributed by atoms with Gasteiger partial charge in [-0.3, -0.25) is 0 Å². The van der Waals surface area contributed by atoms with Gasteiger partial charge < -0.3 is 14.4 Å². The number of benzene rings is 6. The first-order chi connectivity index (χ1) is 23.8. The van der Waals surface area contributed by atoms with Gasteiger partial charge in [0.25, 0.3) is 0 Å². The first-order valence-corrected chi connectivity index (χ1v) is 17.1. The lowest BCUT2D eigenvalue weighted by molar-refractivity contribution is 0.542. The summed E-state index contributed by atoms with van der Waals surface area (Å²) in [5, 5.41) is 2.56. The highest BCUT2D eigenvalue weighted by atomic mass is 15.2. The summed E-state index contributed by atoms with van der Waals surface area (Å²) < 4.78 is 2.47. The summed E-state index contributed by atoms with van der Waals surface area (Å²) in [5.41, 5.74) is 14.0. The lowest BCUT2D eigenvalue weighted by Crippen LogP contribution is -2.37. The Balaban J connectivity index is 1.25. The number of nitrogens with zero attached hydrogens (tertiary/aromatic N) is 3. The first-order valence-electron chi connectivity index (χ1n) is 17.1. The molecule has 1 aromatic heterocycles. The molecular formula is C45H35N3. The highest BCUT2D eigenvalue weighted by Gasteiger charge is 2.33. The number of rotatable bonds is 3. The van der Waals surface area contributed by atoms with Crippen molar-refractivity contribution < 1.29 is 0 Å². The van der Waals surface area contributed by atoms with E-state index in [4.69, 9.17) is 0 Å². The molecule has 230 valence electrons. The average Bonchev–Trinajstić information content (AvgIpc) is 3.47. The minimum Gasteiger partial charge on any atom is -0.338 e. The molecular weight excluding hydrogens is 583 g/mol. The minimum atomic E-state index is 0.349. The second kappa shape index (κ2) is 10.9. The summed E-state index contributed by atoms with van der Waals surface area (Å²) in [4.78, 5) is 5.16. The van der Waals surface area contributed by atoms with Crippen LogP contribution in [0.25, 0.3) is 38.6 Å². The van der Waals surface area contributed by atoms with E-state index in [1.165, 1.54) is 72.5 Å². The van der Waals surface area contributed by atoms with Gasteiger partial charge in [-0.25, -0.2) is 0 Å². The van der Waals surface area contributed by atoms with Gasteiger partial charge in [-0.1, -0.05) is 121 Å². The van der Waals surface area contributed by atoms with Gasteiger partial charge in [0.1, 0.15) is 0 Å². The maximum atomic E-state index is 2.64. The van der Waals surface area contributed by atoms with Crippen LogP contribution in [-0.4, -0.2) is 10.6 Å². The molecule has 3 heteroatoms. The summed E-state index contributed by atoms with van der Waals surface area (Å²) >= 11 is 0. The van der Waals surface area contributed by atoms with Crippen LogP contribution in [0.5, 0.6) is 0 Å². The van der Waals surface area contributed by atoms with Crippen LogP contribution in [0.1, 0.15) is 29.9 Å². The molecule has 2 unspecified atom stereocenters. The molecule has 48 heavy (non-hydrogen) atoms. The van der Waals surface area contributed by atoms with Crippen LogP contribution in [0.3, 0.4) is 0 Å². The Hall–Kier alpha value is -5.80. The fraction of sp³-hybridized carbons (Fsp3) is 0.111. The Morgan fingerprint density at radius 2 is 1.19 bits per heavy atom. The van der Waals surface area contributed by atoms with Gasteiger partial charge in [0.05, 0.1) is 16.7 Å². The predicted octanol–water partition coefficient (Wildman–Crippen LogP) is 11.6. The van der Waals surface area contributed by atoms with E-state index in [0.29, 0.717) is 12.0 Å². The van der Waals surface area contributed by atoms with Gasteiger partial charge in [0.2, 0.25) is 0 Å². The van der Waals surface area contributed by atoms with Crippen molar-refractivity contribution in [1.29, 1.82) is 0 Å². The van der Waals surface area contributed by atoms with Crippen LogP contribution in [0.2, 0.25) is 0 Å². The molecule has 0 spiro atoms. The van der Waals surface area contributed by atoms with E-state index in [-0.39, 0.29) is 0 Å². The SMILES string of the molecule is C1=C\CC2CC(\C=C/1)c1ccccc1N2c1cc(N2Cc3ccccc3-c3ccccc32)cc(-n2c3ccccc3c3ccccc32)c1. The van der Waals surface area contributed by atoms with Gasteiger partial charge in [0, 0.05) is 57.6 Å². The van der Waals surface area contributed by atoms with Crippen molar-refractivity contribution in [3.8, 4) is 16.8 Å². The van der Waals surface area contributed by atoms with Gasteiger partial charge >= 0.3 is 0 Å². The summed E-state index contributed by atoms with van der Waals surface area (Å²) in [6.45, 7) is 0.818. The fourth-order valence-electron chi connectivity index (χ4n) is 8.54. The van der Waals surface area contributed by atoms with Gasteiger partial charge in [-0.15, -0.1) is 0 Å². The summed E-state index contributed by atoms with van der Waals surface area (Å²) in [6, 6.07) is 52.1. The first kappa shape index (κ1) is 27.3. The van der Waals surface area contributed by atoms with E-state index < -0.39 is 0 Å². The van der Waals surface area contributed by atoms with Crippen molar-refractivity contribution in [3.05, 3.63) is 175 Å². The van der Waals surface area contributed by atoms with E-state index >= 15 is 0 Å². The van der Waals surface area contributed by atoms with Crippen molar-refractivity contribution in [2.24, 2.45) is 0 Å². The quantitative estimate of drug-likeness (QED) is 0.195. The third-order valence-corrected chi connectivity index (χ3v) is 10.6. The molecule has 0 radical (unpaired) electrons. The molecule has 1 aliphatic carbocycles. The van der Waals surface area contributed by atoms with Crippen LogP contribution in [0, 0.1) is 0 Å². The maximum Gasteiger partial charge on any atom is 0.0541 e. The van der Waals surface area contributed by atoms with Crippen molar-refractivity contribution in [2.45, 2.75) is 31.3 Å². The summed E-state index contributed by atoms with van der Waals surface area (Å²) in [6.07, 6.45) is 11.3. The maximum absolute atomic E-state index is 2.64. The molecule has 0 saturated carbocycles. The predicted molar refractivity (Wildman–Crippen MR) is 201 cm³/mol.